The van der Waals surface area contributed by atoms with E-state index in [9.17, 15) is 9.18 Å². The summed E-state index contributed by atoms with van der Waals surface area (Å²) in [6.45, 7) is -0.232. The average molecular weight is 245 g/mol. The van der Waals surface area contributed by atoms with E-state index in [-0.39, 0.29) is 18.2 Å². The van der Waals surface area contributed by atoms with Crippen LogP contribution in [-0.4, -0.2) is 11.0 Å². The van der Waals surface area contributed by atoms with Gasteiger partial charge in [0.2, 0.25) is 0 Å². The fraction of sp³-hybridized carbons (Fsp3) is 0.0714. The number of halogens is 1. The first kappa shape index (κ1) is 12.3. The van der Waals surface area contributed by atoms with E-state index in [1.165, 1.54) is 12.1 Å². The highest BCUT2D eigenvalue weighted by molar-refractivity contribution is 6.04. The lowest BCUT2D eigenvalue weighted by molar-refractivity contribution is 0.102. The quantitative estimate of drug-likeness (QED) is 0.873. The van der Waals surface area contributed by atoms with Crippen LogP contribution in [0, 0.1) is 5.82 Å². The Balaban J connectivity index is 2.17. The van der Waals surface area contributed by atoms with Gasteiger partial charge in [-0.1, -0.05) is 24.3 Å². The van der Waals surface area contributed by atoms with Gasteiger partial charge >= 0.3 is 0 Å². The van der Waals surface area contributed by atoms with Crippen molar-refractivity contribution < 1.29 is 14.3 Å². The molecule has 92 valence electrons. The van der Waals surface area contributed by atoms with Crippen molar-refractivity contribution in [2.45, 2.75) is 6.61 Å². The smallest absolute Gasteiger partial charge is 0.255 e. The molecule has 0 aliphatic carbocycles. The Hall–Kier alpha value is -2.20. The minimum Gasteiger partial charge on any atom is -0.392 e. The summed E-state index contributed by atoms with van der Waals surface area (Å²) in [4.78, 5) is 11.8. The van der Waals surface area contributed by atoms with Crippen molar-refractivity contribution in [1.82, 2.24) is 0 Å². The molecule has 2 N–H and O–H groups in total. The van der Waals surface area contributed by atoms with E-state index in [1.54, 1.807) is 36.4 Å². The number of rotatable bonds is 3. The fourth-order valence-electron chi connectivity index (χ4n) is 1.54. The standard InChI is InChI=1S/C14H12FNO2/c15-12-8-10(9-17)6-7-13(12)16-14(18)11-4-2-1-3-5-11/h1-8,17H,9H2,(H,16,18). The number of benzene rings is 2. The van der Waals surface area contributed by atoms with Crippen LogP contribution < -0.4 is 5.32 Å². The number of hydrogen-bond donors (Lipinski definition) is 2. The molecule has 0 saturated heterocycles. The molecule has 0 heterocycles. The molecule has 2 rings (SSSR count). The number of hydrogen-bond acceptors (Lipinski definition) is 2. The third-order valence-corrected chi connectivity index (χ3v) is 2.50. The van der Waals surface area contributed by atoms with Crippen LogP contribution in [0.15, 0.2) is 48.5 Å². The number of aliphatic hydroxyl groups excluding tert-OH is 1. The number of aliphatic hydroxyl groups is 1. The minimum atomic E-state index is -0.564. The maximum absolute atomic E-state index is 13.6. The summed E-state index contributed by atoms with van der Waals surface area (Å²) >= 11 is 0. The molecular weight excluding hydrogens is 233 g/mol. The van der Waals surface area contributed by atoms with Crippen LogP contribution in [0.1, 0.15) is 15.9 Å². The molecule has 0 radical (unpaired) electrons. The van der Waals surface area contributed by atoms with Crippen molar-refractivity contribution >= 4 is 11.6 Å². The Morgan fingerprint density at radius 2 is 1.89 bits per heavy atom. The van der Waals surface area contributed by atoms with E-state index >= 15 is 0 Å². The third kappa shape index (κ3) is 2.73. The fourth-order valence-corrected chi connectivity index (χ4v) is 1.54. The van der Waals surface area contributed by atoms with Gasteiger partial charge in [0.05, 0.1) is 12.3 Å². The molecular formula is C14H12FNO2. The second-order valence-electron chi connectivity index (χ2n) is 3.79. The normalized spacial score (nSPS) is 10.1. The Morgan fingerprint density at radius 1 is 1.17 bits per heavy atom. The zero-order chi connectivity index (χ0) is 13.0. The maximum atomic E-state index is 13.6. The van der Waals surface area contributed by atoms with Crippen molar-refractivity contribution in [3.05, 3.63) is 65.5 Å². The van der Waals surface area contributed by atoms with Gasteiger partial charge in [0.15, 0.2) is 0 Å². The molecule has 0 fully saturated rings. The van der Waals surface area contributed by atoms with Gasteiger partial charge in [-0.3, -0.25) is 4.79 Å². The molecule has 4 heteroatoms. The van der Waals surface area contributed by atoms with Crippen molar-refractivity contribution in [1.29, 1.82) is 0 Å². The van der Waals surface area contributed by atoms with Crippen LogP contribution in [-0.2, 0) is 6.61 Å². The molecule has 0 spiro atoms. The van der Waals surface area contributed by atoms with Gasteiger partial charge in [-0.25, -0.2) is 4.39 Å². The van der Waals surface area contributed by atoms with Crippen LogP contribution >= 0.6 is 0 Å². The van der Waals surface area contributed by atoms with Gasteiger partial charge in [-0.15, -0.1) is 0 Å². The van der Waals surface area contributed by atoms with Crippen molar-refractivity contribution in [2.24, 2.45) is 0 Å². The zero-order valence-corrected chi connectivity index (χ0v) is 9.56. The van der Waals surface area contributed by atoms with Crippen LogP contribution in [0.5, 0.6) is 0 Å². The van der Waals surface area contributed by atoms with Gasteiger partial charge in [0.25, 0.3) is 5.91 Å². The van der Waals surface area contributed by atoms with Gasteiger partial charge in [0.1, 0.15) is 5.82 Å². The van der Waals surface area contributed by atoms with Crippen molar-refractivity contribution in [3.8, 4) is 0 Å². The minimum absolute atomic E-state index is 0.0982. The van der Waals surface area contributed by atoms with Crippen LogP contribution in [0.3, 0.4) is 0 Å². The molecule has 18 heavy (non-hydrogen) atoms. The SMILES string of the molecule is O=C(Nc1ccc(CO)cc1F)c1ccccc1. The van der Waals surface area contributed by atoms with Gasteiger partial charge in [-0.2, -0.15) is 0 Å². The second kappa shape index (κ2) is 5.42. The van der Waals surface area contributed by atoms with Crippen LogP contribution in [0.25, 0.3) is 0 Å². The van der Waals surface area contributed by atoms with E-state index in [1.807, 2.05) is 0 Å². The molecule has 0 saturated carbocycles. The molecule has 0 bridgehead atoms. The lowest BCUT2D eigenvalue weighted by atomic mass is 10.2. The molecule has 3 nitrogen and oxygen atoms in total. The van der Waals surface area contributed by atoms with E-state index in [4.69, 9.17) is 5.11 Å². The molecule has 0 aliphatic rings. The van der Waals surface area contributed by atoms with E-state index < -0.39 is 5.82 Å². The Morgan fingerprint density at radius 3 is 2.50 bits per heavy atom. The largest absolute Gasteiger partial charge is 0.392 e. The number of amides is 1. The highest BCUT2D eigenvalue weighted by atomic mass is 19.1. The Labute approximate surface area is 104 Å². The predicted octanol–water partition coefficient (Wildman–Crippen LogP) is 2.57. The summed E-state index contributed by atoms with van der Waals surface area (Å²) in [5, 5.41) is 11.3. The molecule has 0 aromatic heterocycles. The summed E-state index contributed by atoms with van der Waals surface area (Å²) in [5.41, 5.74) is 1.02. The lowest BCUT2D eigenvalue weighted by Crippen LogP contribution is -2.12. The Kier molecular flexibility index (Phi) is 3.69. The maximum Gasteiger partial charge on any atom is 0.255 e. The first-order valence-corrected chi connectivity index (χ1v) is 5.46. The molecule has 2 aromatic rings. The van der Waals surface area contributed by atoms with Crippen LogP contribution in [0.4, 0.5) is 10.1 Å². The molecule has 2 aromatic carbocycles. The summed E-state index contributed by atoms with van der Waals surface area (Å²) in [7, 11) is 0. The van der Waals surface area contributed by atoms with Crippen molar-refractivity contribution in [3.63, 3.8) is 0 Å². The van der Waals surface area contributed by atoms with E-state index in [0.29, 0.717) is 11.1 Å². The van der Waals surface area contributed by atoms with Crippen molar-refractivity contribution in [2.75, 3.05) is 5.32 Å². The first-order valence-electron chi connectivity index (χ1n) is 5.46. The second-order valence-corrected chi connectivity index (χ2v) is 3.79. The predicted molar refractivity (Wildman–Crippen MR) is 66.7 cm³/mol. The third-order valence-electron chi connectivity index (χ3n) is 2.50. The summed E-state index contributed by atoms with van der Waals surface area (Å²) in [6, 6.07) is 12.8. The Bertz CT molecular complexity index is 555. The van der Waals surface area contributed by atoms with Gasteiger partial charge in [-0.05, 0) is 29.8 Å². The highest BCUT2D eigenvalue weighted by Gasteiger charge is 2.09. The summed E-state index contributed by atoms with van der Waals surface area (Å²) in [5.74, 6) is -0.933. The van der Waals surface area contributed by atoms with E-state index in [2.05, 4.69) is 5.32 Å². The topological polar surface area (TPSA) is 49.3 Å². The molecule has 0 aliphatic heterocycles. The number of nitrogens with one attached hydrogen (secondary N) is 1. The van der Waals surface area contributed by atoms with Crippen LogP contribution in [0.2, 0.25) is 0 Å². The van der Waals surface area contributed by atoms with Gasteiger partial charge in [0, 0.05) is 5.56 Å². The highest BCUT2D eigenvalue weighted by Crippen LogP contribution is 2.16. The van der Waals surface area contributed by atoms with E-state index in [0.717, 1.165) is 0 Å². The molecule has 1 amide bonds. The molecule has 0 atom stereocenters. The molecule has 0 unspecified atom stereocenters. The lowest BCUT2D eigenvalue weighted by Gasteiger charge is -2.07. The number of carbonyl (C=O) groups excluding carboxylic acids is 1. The van der Waals surface area contributed by atoms with Gasteiger partial charge < -0.3 is 10.4 Å². The summed E-state index contributed by atoms with van der Waals surface area (Å²) in [6.07, 6.45) is 0. The first-order chi connectivity index (χ1) is 8.70. The monoisotopic (exact) mass is 245 g/mol. The zero-order valence-electron chi connectivity index (χ0n) is 9.56. The summed E-state index contributed by atoms with van der Waals surface area (Å²) < 4.78 is 13.6. The number of carbonyl (C=O) groups is 1. The number of anilines is 1. The average Bonchev–Trinajstić information content (AvgIpc) is 2.42.